The number of aromatic nitrogens is 2. The predicted molar refractivity (Wildman–Crippen MR) is 56.6 cm³/mol. The molecule has 0 aliphatic heterocycles. The van der Waals surface area contributed by atoms with Crippen LogP contribution in [0.15, 0.2) is 17.1 Å². The molecule has 1 amide bonds. The monoisotopic (exact) mass is 210 g/mol. The van der Waals surface area contributed by atoms with Crippen molar-refractivity contribution in [1.29, 1.82) is 0 Å². The molecule has 1 heterocycles. The Balaban J connectivity index is 2.62. The fourth-order valence-electron chi connectivity index (χ4n) is 1.10. The molecule has 15 heavy (non-hydrogen) atoms. The molecule has 0 radical (unpaired) electrons. The number of anilines is 1. The molecule has 0 aromatic carbocycles. The zero-order chi connectivity index (χ0) is 11.3. The number of aromatic amines is 1. The quantitative estimate of drug-likeness (QED) is 0.637. The molecule has 0 aliphatic carbocycles. The third-order valence-corrected chi connectivity index (χ3v) is 1.79. The third-order valence-electron chi connectivity index (χ3n) is 1.79. The van der Waals surface area contributed by atoms with Gasteiger partial charge in [-0.3, -0.25) is 9.59 Å². The van der Waals surface area contributed by atoms with Crippen molar-refractivity contribution in [2.45, 2.75) is 19.9 Å². The summed E-state index contributed by atoms with van der Waals surface area (Å²) in [6.45, 7) is 4.14. The number of amides is 1. The molecule has 1 aromatic rings. The largest absolute Gasteiger partial charge is 0.372 e. The summed E-state index contributed by atoms with van der Waals surface area (Å²) in [6.07, 6.45) is 1.46. The molecule has 1 atom stereocenters. The summed E-state index contributed by atoms with van der Waals surface area (Å²) in [6, 6.07) is 0.955. The molecule has 0 saturated carbocycles. The van der Waals surface area contributed by atoms with Gasteiger partial charge in [-0.1, -0.05) is 0 Å². The number of hydrogen-bond donors (Lipinski definition) is 3. The molecule has 1 rings (SSSR count). The highest BCUT2D eigenvalue weighted by atomic mass is 16.2. The predicted octanol–water partition coefficient (Wildman–Crippen LogP) is -0.294. The second-order valence-electron chi connectivity index (χ2n) is 3.09. The van der Waals surface area contributed by atoms with Gasteiger partial charge in [0.05, 0.1) is 11.9 Å². The Kier molecular flexibility index (Phi) is 3.84. The second kappa shape index (κ2) is 5.14. The minimum Gasteiger partial charge on any atom is -0.372 e. The van der Waals surface area contributed by atoms with Crippen LogP contribution in [0.2, 0.25) is 0 Å². The van der Waals surface area contributed by atoms with Crippen LogP contribution >= 0.6 is 0 Å². The van der Waals surface area contributed by atoms with E-state index in [0.29, 0.717) is 12.2 Å². The summed E-state index contributed by atoms with van der Waals surface area (Å²) in [4.78, 5) is 22.3. The maximum absolute atomic E-state index is 11.4. The van der Waals surface area contributed by atoms with Gasteiger partial charge in [0.25, 0.3) is 5.56 Å². The number of carbonyl (C=O) groups is 1. The van der Waals surface area contributed by atoms with E-state index in [0.717, 1.165) is 0 Å². The molecule has 1 unspecified atom stereocenters. The molecule has 3 N–H and O–H groups in total. The van der Waals surface area contributed by atoms with E-state index >= 15 is 0 Å². The summed E-state index contributed by atoms with van der Waals surface area (Å²) in [5, 5.41) is 11.4. The van der Waals surface area contributed by atoms with Crippen LogP contribution in [0.4, 0.5) is 5.69 Å². The van der Waals surface area contributed by atoms with Crippen LogP contribution in [0.1, 0.15) is 13.8 Å². The Hall–Kier alpha value is -1.85. The first-order valence-corrected chi connectivity index (χ1v) is 4.72. The first kappa shape index (κ1) is 11.2. The number of rotatable bonds is 4. The van der Waals surface area contributed by atoms with Crippen LogP contribution in [0.3, 0.4) is 0 Å². The van der Waals surface area contributed by atoms with Gasteiger partial charge in [-0.15, -0.1) is 0 Å². The summed E-state index contributed by atoms with van der Waals surface area (Å²) in [5.74, 6) is -0.113. The Morgan fingerprint density at radius 3 is 3.00 bits per heavy atom. The normalized spacial score (nSPS) is 11.9. The lowest BCUT2D eigenvalue weighted by Gasteiger charge is -2.13. The highest BCUT2D eigenvalue weighted by Crippen LogP contribution is 2.01. The van der Waals surface area contributed by atoms with E-state index in [1.165, 1.54) is 12.3 Å². The fourth-order valence-corrected chi connectivity index (χ4v) is 1.10. The van der Waals surface area contributed by atoms with Crippen molar-refractivity contribution < 1.29 is 4.79 Å². The van der Waals surface area contributed by atoms with Gasteiger partial charge in [0.1, 0.15) is 6.04 Å². The van der Waals surface area contributed by atoms with Gasteiger partial charge >= 0.3 is 0 Å². The molecular formula is C9H14N4O2. The average Bonchev–Trinajstić information content (AvgIpc) is 2.18. The van der Waals surface area contributed by atoms with Gasteiger partial charge in [-0.2, -0.15) is 5.10 Å². The van der Waals surface area contributed by atoms with Crippen molar-refractivity contribution in [3.8, 4) is 0 Å². The van der Waals surface area contributed by atoms with Crippen molar-refractivity contribution in [3.05, 3.63) is 22.6 Å². The molecule has 0 fully saturated rings. The van der Waals surface area contributed by atoms with Gasteiger partial charge in [0, 0.05) is 12.6 Å². The number of likely N-dealkylation sites (N-methyl/N-ethyl adjacent to an activating group) is 1. The molecule has 6 nitrogen and oxygen atoms in total. The van der Waals surface area contributed by atoms with Crippen LogP contribution in [0.25, 0.3) is 0 Å². The zero-order valence-electron chi connectivity index (χ0n) is 8.70. The van der Waals surface area contributed by atoms with E-state index in [2.05, 4.69) is 20.8 Å². The first-order valence-electron chi connectivity index (χ1n) is 4.72. The van der Waals surface area contributed by atoms with Gasteiger partial charge in [0.2, 0.25) is 5.91 Å². The van der Waals surface area contributed by atoms with Crippen LogP contribution in [-0.2, 0) is 4.79 Å². The molecule has 6 heteroatoms. The van der Waals surface area contributed by atoms with Crippen molar-refractivity contribution in [1.82, 2.24) is 15.5 Å². The summed E-state index contributed by atoms with van der Waals surface area (Å²) in [7, 11) is 0. The SMILES string of the molecule is CCNC(=O)C(C)Nc1cn[nH]c(=O)c1. The van der Waals surface area contributed by atoms with Crippen molar-refractivity contribution in [2.75, 3.05) is 11.9 Å². The lowest BCUT2D eigenvalue weighted by molar-refractivity contribution is -0.121. The lowest BCUT2D eigenvalue weighted by Crippen LogP contribution is -2.37. The Bertz CT molecular complexity index is 388. The van der Waals surface area contributed by atoms with E-state index in [1.807, 2.05) is 6.92 Å². The van der Waals surface area contributed by atoms with Crippen molar-refractivity contribution in [2.24, 2.45) is 0 Å². The number of H-pyrrole nitrogens is 1. The molecule has 1 aromatic heterocycles. The van der Waals surface area contributed by atoms with Crippen molar-refractivity contribution >= 4 is 11.6 Å². The Morgan fingerprint density at radius 2 is 2.40 bits per heavy atom. The van der Waals surface area contributed by atoms with E-state index in [1.54, 1.807) is 6.92 Å². The Morgan fingerprint density at radius 1 is 1.67 bits per heavy atom. The van der Waals surface area contributed by atoms with Crippen molar-refractivity contribution in [3.63, 3.8) is 0 Å². The topological polar surface area (TPSA) is 86.9 Å². The maximum Gasteiger partial charge on any atom is 0.266 e. The number of hydrogen-bond acceptors (Lipinski definition) is 4. The molecule has 0 saturated heterocycles. The standard InChI is InChI=1S/C9H14N4O2/c1-3-10-9(15)6(2)12-7-4-8(14)13-11-5-7/h4-6H,3H2,1-2H3,(H,10,15)(H2,12,13,14). The molecule has 82 valence electrons. The summed E-state index contributed by atoms with van der Waals surface area (Å²) < 4.78 is 0. The highest BCUT2D eigenvalue weighted by molar-refractivity contribution is 5.83. The smallest absolute Gasteiger partial charge is 0.266 e. The van der Waals surface area contributed by atoms with Gasteiger partial charge in [-0.25, -0.2) is 5.10 Å². The minimum absolute atomic E-state index is 0.113. The Labute approximate surface area is 87.1 Å². The molecule has 0 spiro atoms. The van der Waals surface area contributed by atoms with E-state index in [-0.39, 0.29) is 11.5 Å². The minimum atomic E-state index is -0.395. The van der Waals surface area contributed by atoms with Gasteiger partial charge in [-0.05, 0) is 13.8 Å². The van der Waals surface area contributed by atoms with Crippen LogP contribution in [-0.4, -0.2) is 28.7 Å². The van der Waals surface area contributed by atoms with Crippen LogP contribution in [0.5, 0.6) is 0 Å². The first-order chi connectivity index (χ1) is 7.13. The lowest BCUT2D eigenvalue weighted by atomic mass is 10.3. The summed E-state index contributed by atoms with van der Waals surface area (Å²) in [5.41, 5.74) is 0.223. The zero-order valence-corrected chi connectivity index (χ0v) is 8.70. The number of carbonyl (C=O) groups excluding carboxylic acids is 1. The van der Waals surface area contributed by atoms with E-state index in [4.69, 9.17) is 0 Å². The van der Waals surface area contributed by atoms with E-state index < -0.39 is 6.04 Å². The maximum atomic E-state index is 11.4. The van der Waals surface area contributed by atoms with E-state index in [9.17, 15) is 9.59 Å². The number of nitrogens with one attached hydrogen (secondary N) is 3. The summed E-state index contributed by atoms with van der Waals surface area (Å²) >= 11 is 0. The van der Waals surface area contributed by atoms with Gasteiger partial charge < -0.3 is 10.6 Å². The van der Waals surface area contributed by atoms with Gasteiger partial charge in [0.15, 0.2) is 0 Å². The van der Waals surface area contributed by atoms with Crippen LogP contribution in [0, 0.1) is 0 Å². The number of nitrogens with zero attached hydrogens (tertiary/aromatic N) is 1. The third kappa shape index (κ3) is 3.41. The fraction of sp³-hybridized carbons (Fsp3) is 0.444. The molecule has 0 bridgehead atoms. The highest BCUT2D eigenvalue weighted by Gasteiger charge is 2.11. The average molecular weight is 210 g/mol. The van der Waals surface area contributed by atoms with Crippen LogP contribution < -0.4 is 16.2 Å². The second-order valence-corrected chi connectivity index (χ2v) is 3.09. The molecular weight excluding hydrogens is 196 g/mol. The molecule has 0 aliphatic rings.